The van der Waals surface area contributed by atoms with Gasteiger partial charge in [-0.3, -0.25) is 9.89 Å². The second-order valence-corrected chi connectivity index (χ2v) is 16.0. The van der Waals surface area contributed by atoms with Crippen molar-refractivity contribution >= 4 is 30.9 Å². The van der Waals surface area contributed by atoms with Gasteiger partial charge in [0.15, 0.2) is 14.0 Å². The van der Waals surface area contributed by atoms with E-state index in [0.29, 0.717) is 17.0 Å². The highest BCUT2D eigenvalue weighted by atomic mass is 28.4. The number of hydrogen-bond acceptors (Lipinski definition) is 4. The predicted molar refractivity (Wildman–Crippen MR) is 150 cm³/mol. The van der Waals surface area contributed by atoms with E-state index in [9.17, 15) is 18.0 Å². The molecule has 0 saturated heterocycles. The van der Waals surface area contributed by atoms with Crippen LogP contribution in [-0.4, -0.2) is 29.4 Å². The number of nitrogens with zero attached hydrogens (tertiary/aromatic N) is 2. The normalized spacial score (nSPS) is 13.5. The SMILES string of the molecule is Cc1ccc(NC(=O)c2cccc(C(F)(F)F)c2)cc1-c1ccc2c([C@@H](C)O[Si](C)(C)C(C)(C)C)[nH]nc2n1. The number of carbonyl (C=O) groups is 1. The van der Waals surface area contributed by atoms with Crippen LogP contribution < -0.4 is 5.32 Å². The minimum atomic E-state index is -4.53. The maximum atomic E-state index is 13.1. The standard InChI is InChI=1S/C29H33F3N4O2Si/c1-17-11-12-21(33-27(37)19-9-8-10-20(15-19)29(30,31)32)16-23(17)24-14-13-22-25(35-36-26(22)34-24)18(2)38-39(6,7)28(3,4)5/h8-16,18H,1-7H3,(H,33,37)(H,34,35,36)/t18-/m1/s1. The fourth-order valence-corrected chi connectivity index (χ4v) is 5.43. The molecule has 0 saturated carbocycles. The van der Waals surface area contributed by atoms with Crippen molar-refractivity contribution in [3.63, 3.8) is 0 Å². The second-order valence-electron chi connectivity index (χ2n) is 11.3. The molecule has 10 heteroatoms. The van der Waals surface area contributed by atoms with Gasteiger partial charge in [0.05, 0.1) is 23.1 Å². The van der Waals surface area contributed by atoms with Gasteiger partial charge in [0.2, 0.25) is 0 Å². The Balaban J connectivity index is 1.59. The molecule has 0 aliphatic rings. The molecule has 39 heavy (non-hydrogen) atoms. The zero-order valence-corrected chi connectivity index (χ0v) is 24.1. The van der Waals surface area contributed by atoms with Gasteiger partial charge in [0.1, 0.15) is 0 Å². The first-order valence-electron chi connectivity index (χ1n) is 12.7. The van der Waals surface area contributed by atoms with Gasteiger partial charge in [-0.2, -0.15) is 18.3 Å². The molecule has 6 nitrogen and oxygen atoms in total. The van der Waals surface area contributed by atoms with E-state index < -0.39 is 26.0 Å². The number of alkyl halides is 3. The molecule has 206 valence electrons. The molecule has 2 aromatic heterocycles. The summed E-state index contributed by atoms with van der Waals surface area (Å²) >= 11 is 0. The summed E-state index contributed by atoms with van der Waals surface area (Å²) < 4.78 is 45.7. The van der Waals surface area contributed by atoms with Crippen LogP contribution in [0.15, 0.2) is 54.6 Å². The Hall–Kier alpha value is -3.50. The number of halogens is 3. The largest absolute Gasteiger partial charge is 0.416 e. The molecule has 0 fully saturated rings. The highest BCUT2D eigenvalue weighted by Crippen LogP contribution is 2.40. The Kier molecular flexibility index (Phi) is 7.48. The molecule has 0 aliphatic carbocycles. The summed E-state index contributed by atoms with van der Waals surface area (Å²) in [6, 6.07) is 13.5. The molecule has 4 aromatic rings. The van der Waals surface area contributed by atoms with Gasteiger partial charge < -0.3 is 9.74 Å². The fourth-order valence-electron chi connectivity index (χ4n) is 4.07. The van der Waals surface area contributed by atoms with Crippen molar-refractivity contribution in [2.75, 3.05) is 5.32 Å². The van der Waals surface area contributed by atoms with Crippen molar-refractivity contribution in [3.8, 4) is 11.3 Å². The van der Waals surface area contributed by atoms with Crippen LogP contribution in [0.5, 0.6) is 0 Å². The average molecular weight is 555 g/mol. The predicted octanol–water partition coefficient (Wildman–Crippen LogP) is 8.29. The van der Waals surface area contributed by atoms with Gasteiger partial charge in [-0.15, -0.1) is 0 Å². The highest BCUT2D eigenvalue weighted by Gasteiger charge is 2.39. The number of aromatic amines is 1. The molecule has 1 amide bonds. The summed E-state index contributed by atoms with van der Waals surface area (Å²) in [5.74, 6) is -0.632. The fraction of sp³-hybridized carbons (Fsp3) is 0.345. The number of carbonyl (C=O) groups excluding carboxylic acids is 1. The third-order valence-electron chi connectivity index (χ3n) is 7.36. The minimum Gasteiger partial charge on any atom is -0.409 e. The monoisotopic (exact) mass is 554 g/mol. The van der Waals surface area contributed by atoms with E-state index in [1.165, 1.54) is 12.1 Å². The number of pyridine rings is 1. The lowest BCUT2D eigenvalue weighted by molar-refractivity contribution is -0.137. The number of aryl methyl sites for hydroxylation is 1. The number of amides is 1. The summed E-state index contributed by atoms with van der Waals surface area (Å²) in [6.07, 6.45) is -4.71. The Morgan fingerprint density at radius 3 is 2.44 bits per heavy atom. The van der Waals surface area contributed by atoms with Crippen LogP contribution in [0.3, 0.4) is 0 Å². The van der Waals surface area contributed by atoms with Crippen LogP contribution in [0, 0.1) is 6.92 Å². The maximum Gasteiger partial charge on any atom is 0.416 e. The molecule has 0 aliphatic heterocycles. The molecule has 2 aromatic carbocycles. The van der Waals surface area contributed by atoms with E-state index in [-0.39, 0.29) is 16.7 Å². The Labute approximate surface area is 227 Å². The van der Waals surface area contributed by atoms with Gasteiger partial charge in [-0.25, -0.2) is 4.98 Å². The number of benzene rings is 2. The molecular weight excluding hydrogens is 521 g/mol. The molecule has 0 unspecified atom stereocenters. The summed E-state index contributed by atoms with van der Waals surface area (Å²) in [6.45, 7) is 14.9. The van der Waals surface area contributed by atoms with E-state index in [2.05, 4.69) is 49.4 Å². The number of rotatable bonds is 6. The van der Waals surface area contributed by atoms with Crippen molar-refractivity contribution in [2.45, 2.75) is 65.0 Å². The smallest absolute Gasteiger partial charge is 0.409 e. The Bertz CT molecular complexity index is 1520. The molecular formula is C29H33F3N4O2Si. The van der Waals surface area contributed by atoms with Crippen molar-refractivity contribution in [1.82, 2.24) is 15.2 Å². The number of anilines is 1. The average Bonchev–Trinajstić information content (AvgIpc) is 3.27. The summed E-state index contributed by atoms with van der Waals surface area (Å²) in [7, 11) is -2.00. The number of hydrogen-bond donors (Lipinski definition) is 2. The minimum absolute atomic E-state index is 0.0710. The first kappa shape index (κ1) is 28.5. The molecule has 2 heterocycles. The first-order chi connectivity index (χ1) is 18.1. The Morgan fingerprint density at radius 2 is 1.77 bits per heavy atom. The molecule has 2 N–H and O–H groups in total. The van der Waals surface area contributed by atoms with Crippen molar-refractivity contribution in [1.29, 1.82) is 0 Å². The van der Waals surface area contributed by atoms with E-state index in [0.717, 1.165) is 34.3 Å². The molecule has 0 spiro atoms. The van der Waals surface area contributed by atoms with Gasteiger partial charge >= 0.3 is 6.18 Å². The second kappa shape index (κ2) is 10.2. The van der Waals surface area contributed by atoms with Crippen molar-refractivity contribution < 1.29 is 22.4 Å². The molecule has 4 rings (SSSR count). The zero-order valence-electron chi connectivity index (χ0n) is 23.1. The van der Waals surface area contributed by atoms with Crippen molar-refractivity contribution in [2.24, 2.45) is 0 Å². The van der Waals surface area contributed by atoms with Crippen LogP contribution in [-0.2, 0) is 10.6 Å². The van der Waals surface area contributed by atoms with Crippen LogP contribution in [0.2, 0.25) is 18.1 Å². The third-order valence-corrected chi connectivity index (χ3v) is 11.9. The van der Waals surface area contributed by atoms with Gasteiger partial charge in [0, 0.05) is 22.2 Å². The molecule has 0 bridgehead atoms. The summed E-state index contributed by atoms with van der Waals surface area (Å²) in [5, 5.41) is 11.2. The van der Waals surface area contributed by atoms with Crippen molar-refractivity contribution in [3.05, 3.63) is 77.0 Å². The number of fused-ring (bicyclic) bond motifs is 1. The topological polar surface area (TPSA) is 79.9 Å². The Morgan fingerprint density at radius 1 is 1.05 bits per heavy atom. The van der Waals surface area contributed by atoms with Gasteiger partial charge in [-0.05, 0) is 80.0 Å². The molecule has 1 atom stereocenters. The highest BCUT2D eigenvalue weighted by molar-refractivity contribution is 6.74. The van der Waals surface area contributed by atoms with E-state index >= 15 is 0 Å². The van der Waals surface area contributed by atoms with Gasteiger partial charge in [-0.1, -0.05) is 32.9 Å². The lowest BCUT2D eigenvalue weighted by Crippen LogP contribution is -2.41. The van der Waals surface area contributed by atoms with Crippen LogP contribution in [0.1, 0.15) is 61.0 Å². The lowest BCUT2D eigenvalue weighted by Gasteiger charge is -2.38. The number of nitrogens with one attached hydrogen (secondary N) is 2. The van der Waals surface area contributed by atoms with Crippen LogP contribution in [0.4, 0.5) is 18.9 Å². The zero-order chi connectivity index (χ0) is 28.8. The number of H-pyrrole nitrogens is 1. The summed E-state index contributed by atoms with van der Waals surface area (Å²) in [5.41, 5.74) is 3.26. The number of aromatic nitrogens is 3. The maximum absolute atomic E-state index is 13.1. The van der Waals surface area contributed by atoms with Crippen LogP contribution in [0.25, 0.3) is 22.3 Å². The lowest BCUT2D eigenvalue weighted by atomic mass is 10.0. The quantitative estimate of drug-likeness (QED) is 0.235. The first-order valence-corrected chi connectivity index (χ1v) is 15.6. The summed E-state index contributed by atoms with van der Waals surface area (Å²) in [4.78, 5) is 17.5. The van der Waals surface area contributed by atoms with E-state index in [4.69, 9.17) is 9.41 Å². The third kappa shape index (κ3) is 6.07. The van der Waals surface area contributed by atoms with E-state index in [1.54, 1.807) is 12.1 Å². The van der Waals surface area contributed by atoms with E-state index in [1.807, 2.05) is 32.0 Å². The van der Waals surface area contributed by atoms with Gasteiger partial charge in [0.25, 0.3) is 5.91 Å². The van der Waals surface area contributed by atoms with Crippen LogP contribution >= 0.6 is 0 Å². The molecule has 0 radical (unpaired) electrons.